The van der Waals surface area contributed by atoms with E-state index in [-0.39, 0.29) is 17.8 Å². The summed E-state index contributed by atoms with van der Waals surface area (Å²) in [6.45, 7) is 6.09. The Hall–Kier alpha value is -1.04. The Labute approximate surface area is 137 Å². The van der Waals surface area contributed by atoms with Gasteiger partial charge in [-0.25, -0.2) is 8.42 Å². The Morgan fingerprint density at radius 2 is 1.86 bits per heavy atom. The molecule has 122 valence electrons. The van der Waals surface area contributed by atoms with Gasteiger partial charge in [-0.3, -0.25) is 0 Å². The summed E-state index contributed by atoms with van der Waals surface area (Å²) in [5.74, 6) is 0.990. The first-order valence-corrected chi connectivity index (χ1v) is 9.18. The largest absolute Gasteiger partial charge is 0.501 e. The van der Waals surface area contributed by atoms with Crippen LogP contribution in [0.1, 0.15) is 19.4 Å². The first kappa shape index (κ1) is 17.3. The van der Waals surface area contributed by atoms with E-state index in [0.717, 1.165) is 16.9 Å². The van der Waals surface area contributed by atoms with Gasteiger partial charge in [0.2, 0.25) is 10.0 Å². The normalized spacial score (nSPS) is 23.7. The average molecular weight is 344 g/mol. The first-order chi connectivity index (χ1) is 10.3. The van der Waals surface area contributed by atoms with E-state index in [1.54, 1.807) is 31.4 Å². The smallest absolute Gasteiger partial charge is 0.243 e. The van der Waals surface area contributed by atoms with Crippen molar-refractivity contribution in [2.24, 2.45) is 5.92 Å². The summed E-state index contributed by atoms with van der Waals surface area (Å²) in [4.78, 5) is 0.300. The van der Waals surface area contributed by atoms with Crippen LogP contribution in [0.25, 0.3) is 0 Å². The van der Waals surface area contributed by atoms with E-state index in [2.05, 4.69) is 0 Å². The number of nitrogens with zero attached hydrogens (tertiary/aromatic N) is 1. The van der Waals surface area contributed by atoms with Crippen molar-refractivity contribution in [3.05, 3.63) is 41.2 Å². The summed E-state index contributed by atoms with van der Waals surface area (Å²) >= 11 is 6.07. The first-order valence-electron chi connectivity index (χ1n) is 7.21. The molecule has 1 aromatic carbocycles. The van der Waals surface area contributed by atoms with Crippen molar-refractivity contribution in [2.75, 3.05) is 19.5 Å². The summed E-state index contributed by atoms with van der Waals surface area (Å²) < 4.78 is 32.8. The minimum Gasteiger partial charge on any atom is -0.501 e. The fourth-order valence-corrected chi connectivity index (χ4v) is 5.17. The molecule has 2 unspecified atom stereocenters. The zero-order valence-electron chi connectivity index (χ0n) is 13.3. The van der Waals surface area contributed by atoms with Crippen LogP contribution < -0.4 is 0 Å². The van der Waals surface area contributed by atoms with Crippen LogP contribution in [0.4, 0.5) is 0 Å². The topological polar surface area (TPSA) is 46.6 Å². The molecule has 0 bridgehead atoms. The lowest BCUT2D eigenvalue weighted by molar-refractivity contribution is 0.173. The molecule has 0 spiro atoms. The molecule has 1 heterocycles. The van der Waals surface area contributed by atoms with E-state index in [4.69, 9.17) is 16.3 Å². The van der Waals surface area contributed by atoms with Crippen molar-refractivity contribution in [1.82, 2.24) is 4.31 Å². The van der Waals surface area contributed by atoms with Gasteiger partial charge in [-0.05, 0) is 31.6 Å². The van der Waals surface area contributed by atoms with Crippen LogP contribution in [0.2, 0.25) is 0 Å². The molecule has 1 aliphatic heterocycles. The van der Waals surface area contributed by atoms with E-state index < -0.39 is 10.0 Å². The summed E-state index contributed by atoms with van der Waals surface area (Å²) in [6, 6.07) is 6.58. The number of methoxy groups -OCH3 is 1. The highest BCUT2D eigenvalue weighted by Gasteiger charge is 2.40. The maximum Gasteiger partial charge on any atom is 0.243 e. The lowest BCUT2D eigenvalue weighted by Gasteiger charge is -2.39. The second-order valence-corrected chi connectivity index (χ2v) is 7.92. The molecule has 0 N–H and O–H groups in total. The maximum atomic E-state index is 13.0. The van der Waals surface area contributed by atoms with E-state index in [1.165, 1.54) is 4.31 Å². The summed E-state index contributed by atoms with van der Waals surface area (Å²) in [7, 11) is -1.96. The van der Waals surface area contributed by atoms with Gasteiger partial charge in [-0.2, -0.15) is 4.31 Å². The molecule has 6 heteroatoms. The molecule has 0 aliphatic carbocycles. The van der Waals surface area contributed by atoms with Crippen LogP contribution in [0, 0.1) is 12.8 Å². The van der Waals surface area contributed by atoms with Crippen molar-refractivity contribution >= 4 is 21.6 Å². The minimum atomic E-state index is -3.58. The quantitative estimate of drug-likeness (QED) is 0.789. The molecule has 0 radical (unpaired) electrons. The van der Waals surface area contributed by atoms with Crippen molar-refractivity contribution in [3.8, 4) is 0 Å². The predicted molar refractivity (Wildman–Crippen MR) is 88.5 cm³/mol. The van der Waals surface area contributed by atoms with E-state index in [9.17, 15) is 8.42 Å². The lowest BCUT2D eigenvalue weighted by atomic mass is 9.94. The van der Waals surface area contributed by atoms with Crippen LogP contribution in [0.5, 0.6) is 0 Å². The molecule has 0 saturated carbocycles. The Kier molecular flexibility index (Phi) is 5.20. The highest BCUT2D eigenvalue weighted by molar-refractivity contribution is 7.89. The predicted octanol–water partition coefficient (Wildman–Crippen LogP) is 3.16. The van der Waals surface area contributed by atoms with Crippen LogP contribution in [-0.2, 0) is 14.8 Å². The fourth-order valence-electron chi connectivity index (χ4n) is 2.92. The van der Waals surface area contributed by atoms with Crippen LogP contribution in [0.3, 0.4) is 0 Å². The fraction of sp³-hybridized carbons (Fsp3) is 0.500. The van der Waals surface area contributed by atoms with Gasteiger partial charge < -0.3 is 4.74 Å². The zero-order chi connectivity index (χ0) is 16.5. The SMILES string of the molecule is COC1=C(C)CN(S(=O)(=O)c2ccc(C)cc2)C(CCl)C1C. The third-order valence-corrected chi connectivity index (χ3v) is 6.38. The van der Waals surface area contributed by atoms with Crippen LogP contribution in [0.15, 0.2) is 40.5 Å². The number of halogens is 1. The Bertz CT molecular complexity index is 667. The van der Waals surface area contributed by atoms with Crippen molar-refractivity contribution in [3.63, 3.8) is 0 Å². The summed E-state index contributed by atoms with van der Waals surface area (Å²) in [5.41, 5.74) is 1.95. The maximum absolute atomic E-state index is 13.0. The summed E-state index contributed by atoms with van der Waals surface area (Å²) in [6.07, 6.45) is 0. The number of alkyl halides is 1. The number of aryl methyl sites for hydroxylation is 1. The second kappa shape index (κ2) is 6.60. The Morgan fingerprint density at radius 1 is 1.27 bits per heavy atom. The highest BCUT2D eigenvalue weighted by atomic mass is 35.5. The molecule has 4 nitrogen and oxygen atoms in total. The molecule has 1 aromatic rings. The molecule has 1 aliphatic rings. The number of hydrogen-bond acceptors (Lipinski definition) is 3. The molecule has 0 aromatic heterocycles. The lowest BCUT2D eigenvalue weighted by Crippen LogP contribution is -2.49. The molecule has 0 amide bonds. The van der Waals surface area contributed by atoms with Gasteiger partial charge in [-0.1, -0.05) is 24.6 Å². The highest BCUT2D eigenvalue weighted by Crippen LogP contribution is 2.33. The van der Waals surface area contributed by atoms with Crippen LogP contribution >= 0.6 is 11.6 Å². The number of sulfonamides is 1. The van der Waals surface area contributed by atoms with E-state index in [1.807, 2.05) is 20.8 Å². The third kappa shape index (κ3) is 3.03. The zero-order valence-corrected chi connectivity index (χ0v) is 14.9. The van der Waals surface area contributed by atoms with Gasteiger partial charge in [0, 0.05) is 24.4 Å². The number of hydrogen-bond donors (Lipinski definition) is 0. The monoisotopic (exact) mass is 343 g/mol. The average Bonchev–Trinajstić information content (AvgIpc) is 2.47. The van der Waals surface area contributed by atoms with Crippen molar-refractivity contribution in [2.45, 2.75) is 31.7 Å². The van der Waals surface area contributed by atoms with Gasteiger partial charge >= 0.3 is 0 Å². The third-order valence-electron chi connectivity index (χ3n) is 4.18. The van der Waals surface area contributed by atoms with Gasteiger partial charge in [-0.15, -0.1) is 11.6 Å². The van der Waals surface area contributed by atoms with Gasteiger partial charge in [0.05, 0.1) is 12.0 Å². The summed E-state index contributed by atoms with van der Waals surface area (Å²) in [5, 5.41) is 0. The molecular weight excluding hydrogens is 322 g/mol. The molecule has 2 atom stereocenters. The van der Waals surface area contributed by atoms with Gasteiger partial charge in [0.25, 0.3) is 0 Å². The molecular formula is C16H22ClNO3S. The molecule has 2 rings (SSSR count). The second-order valence-electron chi connectivity index (χ2n) is 5.72. The van der Waals surface area contributed by atoms with E-state index in [0.29, 0.717) is 11.4 Å². The number of rotatable bonds is 4. The van der Waals surface area contributed by atoms with E-state index >= 15 is 0 Å². The minimum absolute atomic E-state index is 0.0727. The van der Waals surface area contributed by atoms with Gasteiger partial charge in [0.1, 0.15) is 5.76 Å². The van der Waals surface area contributed by atoms with Crippen molar-refractivity contribution < 1.29 is 13.2 Å². The molecule has 0 saturated heterocycles. The number of ether oxygens (including phenoxy) is 1. The Balaban J connectivity index is 2.46. The standard InChI is InChI=1S/C16H22ClNO3S/c1-11-5-7-14(8-6-11)22(19,20)18-10-12(2)16(21-4)13(3)15(18)9-17/h5-8,13,15H,9-10H2,1-4H3. The Morgan fingerprint density at radius 3 is 2.36 bits per heavy atom. The molecule has 0 fully saturated rings. The number of benzene rings is 1. The van der Waals surface area contributed by atoms with Crippen LogP contribution in [-0.4, -0.2) is 38.3 Å². The van der Waals surface area contributed by atoms with Crippen molar-refractivity contribution in [1.29, 1.82) is 0 Å². The molecule has 22 heavy (non-hydrogen) atoms. The van der Waals surface area contributed by atoms with Gasteiger partial charge in [0.15, 0.2) is 0 Å².